The van der Waals surface area contributed by atoms with Gasteiger partial charge in [-0.3, -0.25) is 9.59 Å². The molecule has 1 fully saturated rings. The van der Waals surface area contributed by atoms with Gasteiger partial charge in [-0.2, -0.15) is 0 Å². The third-order valence-electron chi connectivity index (χ3n) is 4.87. The number of anilines is 1. The molecular weight excluding hydrogens is 378 g/mol. The Morgan fingerprint density at radius 2 is 1.96 bits per heavy atom. The number of ether oxygens (including phenoxy) is 1. The van der Waals surface area contributed by atoms with Crippen molar-refractivity contribution in [3.63, 3.8) is 0 Å². The third-order valence-corrected chi connectivity index (χ3v) is 5.11. The average molecular weight is 402 g/mol. The lowest BCUT2D eigenvalue weighted by Gasteiger charge is -2.31. The number of likely N-dealkylation sites (tertiary alicyclic amines) is 1. The third kappa shape index (κ3) is 5.23. The Kier molecular flexibility index (Phi) is 6.52. The molecule has 28 heavy (non-hydrogen) atoms. The minimum absolute atomic E-state index is 0.0213. The molecule has 0 bridgehead atoms. The Bertz CT molecular complexity index is 864. The molecule has 1 N–H and O–H groups in total. The van der Waals surface area contributed by atoms with Crippen LogP contribution in [-0.4, -0.2) is 41.4 Å². The molecule has 1 aromatic carbocycles. The zero-order valence-electron chi connectivity index (χ0n) is 16.1. The molecule has 1 aromatic heterocycles. The molecule has 0 spiro atoms. The van der Waals surface area contributed by atoms with Crippen LogP contribution in [0.15, 0.2) is 36.5 Å². The van der Waals surface area contributed by atoms with Crippen LogP contribution in [0.1, 0.15) is 24.0 Å². The topological polar surface area (TPSA) is 71.5 Å². The fourth-order valence-corrected chi connectivity index (χ4v) is 3.46. The summed E-state index contributed by atoms with van der Waals surface area (Å²) in [7, 11) is 0. The number of halogens is 1. The molecule has 0 radical (unpaired) electrons. The standard InChI is InChI=1S/C21H24ClN3O3/c1-14-5-8-23-19(11-14)24-21(27)16-6-9-25(10-7-16)20(26)13-28-18-4-3-17(22)12-15(18)2/h3-5,8,11-12,16H,6-7,9-10,13H2,1-2H3,(H,23,24,27). The Morgan fingerprint density at radius 3 is 2.64 bits per heavy atom. The summed E-state index contributed by atoms with van der Waals surface area (Å²) in [5, 5.41) is 3.50. The number of hydrogen-bond donors (Lipinski definition) is 1. The first-order valence-electron chi connectivity index (χ1n) is 9.32. The van der Waals surface area contributed by atoms with Gasteiger partial charge in [0.25, 0.3) is 5.91 Å². The van der Waals surface area contributed by atoms with E-state index < -0.39 is 0 Å². The Hall–Kier alpha value is -2.60. The van der Waals surface area contributed by atoms with Crippen molar-refractivity contribution < 1.29 is 14.3 Å². The minimum atomic E-state index is -0.120. The zero-order chi connectivity index (χ0) is 20.1. The lowest BCUT2D eigenvalue weighted by molar-refractivity contribution is -0.136. The number of pyridine rings is 1. The van der Waals surface area contributed by atoms with Gasteiger partial charge in [0, 0.05) is 30.2 Å². The quantitative estimate of drug-likeness (QED) is 0.830. The van der Waals surface area contributed by atoms with Gasteiger partial charge in [-0.1, -0.05) is 11.6 Å². The van der Waals surface area contributed by atoms with Crippen molar-refractivity contribution in [1.29, 1.82) is 0 Å². The second-order valence-electron chi connectivity index (χ2n) is 7.06. The van der Waals surface area contributed by atoms with Crippen molar-refractivity contribution in [3.8, 4) is 5.75 Å². The van der Waals surface area contributed by atoms with Gasteiger partial charge < -0.3 is 15.0 Å². The molecule has 1 aliphatic rings. The average Bonchev–Trinajstić information content (AvgIpc) is 2.67. The van der Waals surface area contributed by atoms with Crippen molar-refractivity contribution in [2.45, 2.75) is 26.7 Å². The first kappa shape index (κ1) is 20.1. The van der Waals surface area contributed by atoms with Gasteiger partial charge in [-0.05, 0) is 68.1 Å². The summed E-state index contributed by atoms with van der Waals surface area (Å²) >= 11 is 5.93. The fourth-order valence-electron chi connectivity index (χ4n) is 3.23. The van der Waals surface area contributed by atoms with Crippen LogP contribution in [0.4, 0.5) is 5.82 Å². The van der Waals surface area contributed by atoms with E-state index in [0.717, 1.165) is 11.1 Å². The molecule has 2 aromatic rings. The molecule has 1 saturated heterocycles. The summed E-state index contributed by atoms with van der Waals surface area (Å²) in [5.41, 5.74) is 1.93. The summed E-state index contributed by atoms with van der Waals surface area (Å²) in [6.07, 6.45) is 2.93. The zero-order valence-corrected chi connectivity index (χ0v) is 16.8. The molecule has 148 valence electrons. The molecule has 3 rings (SSSR count). The van der Waals surface area contributed by atoms with E-state index in [2.05, 4.69) is 10.3 Å². The highest BCUT2D eigenvalue weighted by molar-refractivity contribution is 6.30. The summed E-state index contributed by atoms with van der Waals surface area (Å²) in [4.78, 5) is 30.8. The Morgan fingerprint density at radius 1 is 1.21 bits per heavy atom. The van der Waals surface area contributed by atoms with Crippen LogP contribution in [0.25, 0.3) is 0 Å². The normalized spacial score (nSPS) is 14.6. The van der Waals surface area contributed by atoms with Crippen molar-refractivity contribution >= 4 is 29.2 Å². The lowest BCUT2D eigenvalue weighted by atomic mass is 9.96. The Labute approximate surface area is 169 Å². The largest absolute Gasteiger partial charge is 0.483 e. The van der Waals surface area contributed by atoms with Crippen molar-refractivity contribution in [3.05, 3.63) is 52.7 Å². The minimum Gasteiger partial charge on any atom is -0.483 e. The molecule has 0 saturated carbocycles. The predicted octanol–water partition coefficient (Wildman–Crippen LogP) is 3.61. The van der Waals surface area contributed by atoms with Crippen molar-refractivity contribution in [2.75, 3.05) is 25.0 Å². The van der Waals surface area contributed by atoms with Crippen LogP contribution < -0.4 is 10.1 Å². The first-order chi connectivity index (χ1) is 13.4. The highest BCUT2D eigenvalue weighted by Crippen LogP contribution is 2.23. The SMILES string of the molecule is Cc1ccnc(NC(=O)C2CCN(C(=O)COc3ccc(Cl)cc3C)CC2)c1. The molecule has 0 atom stereocenters. The number of nitrogens with zero attached hydrogens (tertiary/aromatic N) is 2. The molecule has 0 aliphatic carbocycles. The van der Waals surface area contributed by atoms with E-state index in [4.69, 9.17) is 16.3 Å². The fraction of sp³-hybridized carbons (Fsp3) is 0.381. The number of amides is 2. The van der Waals surface area contributed by atoms with E-state index in [1.165, 1.54) is 0 Å². The van der Waals surface area contributed by atoms with Crippen LogP contribution in [-0.2, 0) is 9.59 Å². The molecular formula is C21H24ClN3O3. The monoisotopic (exact) mass is 401 g/mol. The lowest BCUT2D eigenvalue weighted by Crippen LogP contribution is -2.43. The summed E-state index contributed by atoms with van der Waals surface area (Å²) < 4.78 is 5.63. The van der Waals surface area contributed by atoms with Crippen molar-refractivity contribution in [1.82, 2.24) is 9.88 Å². The maximum Gasteiger partial charge on any atom is 0.260 e. The van der Waals surface area contributed by atoms with Gasteiger partial charge in [0.05, 0.1) is 0 Å². The number of piperidine rings is 1. The second kappa shape index (κ2) is 9.06. The number of benzene rings is 1. The van der Waals surface area contributed by atoms with Gasteiger partial charge >= 0.3 is 0 Å². The van der Waals surface area contributed by atoms with Crippen LogP contribution in [0, 0.1) is 19.8 Å². The van der Waals surface area contributed by atoms with E-state index in [1.807, 2.05) is 26.0 Å². The maximum atomic E-state index is 12.4. The summed E-state index contributed by atoms with van der Waals surface area (Å²) in [6.45, 7) is 4.91. The highest BCUT2D eigenvalue weighted by atomic mass is 35.5. The first-order valence-corrected chi connectivity index (χ1v) is 9.70. The van der Waals surface area contributed by atoms with Crippen LogP contribution in [0.2, 0.25) is 5.02 Å². The predicted molar refractivity (Wildman–Crippen MR) is 109 cm³/mol. The molecule has 6 nitrogen and oxygen atoms in total. The second-order valence-corrected chi connectivity index (χ2v) is 7.50. The van der Waals surface area contributed by atoms with Gasteiger partial charge in [0.2, 0.25) is 5.91 Å². The van der Waals surface area contributed by atoms with E-state index in [9.17, 15) is 9.59 Å². The van der Waals surface area contributed by atoms with E-state index in [-0.39, 0.29) is 24.3 Å². The number of hydrogen-bond acceptors (Lipinski definition) is 4. The van der Waals surface area contributed by atoms with E-state index in [1.54, 1.807) is 29.3 Å². The van der Waals surface area contributed by atoms with Gasteiger partial charge in [-0.15, -0.1) is 0 Å². The number of carbonyl (C=O) groups excluding carboxylic acids is 2. The molecule has 1 aliphatic heterocycles. The van der Waals surface area contributed by atoms with Gasteiger partial charge in [-0.25, -0.2) is 4.98 Å². The number of aryl methyl sites for hydroxylation is 2. The van der Waals surface area contributed by atoms with Crippen LogP contribution in [0.5, 0.6) is 5.75 Å². The van der Waals surface area contributed by atoms with Crippen LogP contribution in [0.3, 0.4) is 0 Å². The number of nitrogens with one attached hydrogen (secondary N) is 1. The molecule has 2 heterocycles. The number of rotatable bonds is 5. The van der Waals surface area contributed by atoms with Gasteiger partial charge in [0.15, 0.2) is 6.61 Å². The van der Waals surface area contributed by atoms with Gasteiger partial charge in [0.1, 0.15) is 11.6 Å². The highest BCUT2D eigenvalue weighted by Gasteiger charge is 2.27. The molecule has 0 unspecified atom stereocenters. The molecule has 2 amide bonds. The maximum absolute atomic E-state index is 12.4. The summed E-state index contributed by atoms with van der Waals surface area (Å²) in [5.74, 6) is 0.977. The van der Waals surface area contributed by atoms with Crippen LogP contribution >= 0.6 is 11.6 Å². The number of aromatic nitrogens is 1. The summed E-state index contributed by atoms with van der Waals surface area (Å²) in [6, 6.07) is 9.02. The van der Waals surface area contributed by atoms with E-state index >= 15 is 0 Å². The molecule has 7 heteroatoms. The van der Waals surface area contributed by atoms with Crippen molar-refractivity contribution in [2.24, 2.45) is 5.92 Å². The smallest absolute Gasteiger partial charge is 0.260 e. The Balaban J connectivity index is 1.46. The number of carbonyl (C=O) groups is 2. The van der Waals surface area contributed by atoms with E-state index in [0.29, 0.717) is 42.5 Å².